The molecule has 0 saturated heterocycles. The Bertz CT molecular complexity index is 659. The first-order valence-electron chi connectivity index (χ1n) is 5.27. The molecule has 0 fully saturated rings. The van der Waals surface area contributed by atoms with Gasteiger partial charge in [0.2, 0.25) is 5.88 Å². The number of rotatable bonds is 3. The fourth-order valence-corrected chi connectivity index (χ4v) is 1.69. The van der Waals surface area contributed by atoms with Gasteiger partial charge in [0, 0.05) is 30.0 Å². The van der Waals surface area contributed by atoms with Crippen LogP contribution >= 0.6 is 11.6 Å². The molecular formula is C12H8ClF2N3O2. The van der Waals surface area contributed by atoms with E-state index >= 15 is 0 Å². The van der Waals surface area contributed by atoms with Gasteiger partial charge in [0.05, 0.1) is 0 Å². The minimum absolute atomic E-state index is 0.0486. The molecule has 0 aliphatic carbocycles. The Morgan fingerprint density at radius 1 is 1.30 bits per heavy atom. The molecule has 2 rings (SSSR count). The molecule has 0 spiro atoms. The van der Waals surface area contributed by atoms with E-state index in [2.05, 4.69) is 10.1 Å². The highest BCUT2D eigenvalue weighted by molar-refractivity contribution is 6.35. The number of oxime groups is 1. The predicted octanol–water partition coefficient (Wildman–Crippen LogP) is 2.90. The number of hydrogen-bond acceptors (Lipinski definition) is 4. The van der Waals surface area contributed by atoms with Gasteiger partial charge in [-0.15, -0.1) is 0 Å². The molecule has 5 nitrogen and oxygen atoms in total. The third-order valence-corrected chi connectivity index (χ3v) is 2.66. The van der Waals surface area contributed by atoms with Gasteiger partial charge in [0.1, 0.15) is 22.4 Å². The second-order valence-electron chi connectivity index (χ2n) is 3.67. The maximum atomic E-state index is 13.0. The van der Waals surface area contributed by atoms with Crippen molar-refractivity contribution in [2.24, 2.45) is 10.9 Å². The number of ether oxygens (including phenoxy) is 1. The lowest BCUT2D eigenvalue weighted by atomic mass is 10.2. The summed E-state index contributed by atoms with van der Waals surface area (Å²) in [5.74, 6) is -2.09. The van der Waals surface area contributed by atoms with E-state index in [-0.39, 0.29) is 28.1 Å². The fraction of sp³-hybridized carbons (Fsp3) is 0. The molecule has 0 aliphatic rings. The van der Waals surface area contributed by atoms with Gasteiger partial charge in [-0.25, -0.2) is 13.8 Å². The van der Waals surface area contributed by atoms with E-state index in [1.807, 2.05) is 0 Å². The Kier molecular flexibility index (Phi) is 3.99. The first-order chi connectivity index (χ1) is 9.51. The summed E-state index contributed by atoms with van der Waals surface area (Å²) in [7, 11) is 0. The second kappa shape index (κ2) is 5.70. The van der Waals surface area contributed by atoms with Crippen LogP contribution in [0.4, 0.5) is 8.78 Å². The van der Waals surface area contributed by atoms with E-state index in [0.29, 0.717) is 6.07 Å². The van der Waals surface area contributed by atoms with Crippen LogP contribution in [0.2, 0.25) is 5.02 Å². The molecule has 0 amide bonds. The summed E-state index contributed by atoms with van der Waals surface area (Å²) in [6, 6.07) is 4.04. The number of benzene rings is 1. The van der Waals surface area contributed by atoms with Crippen molar-refractivity contribution in [2.75, 3.05) is 0 Å². The zero-order valence-electron chi connectivity index (χ0n) is 9.85. The Hall–Kier alpha value is -2.41. The topological polar surface area (TPSA) is 80.7 Å². The zero-order valence-corrected chi connectivity index (χ0v) is 10.6. The minimum Gasteiger partial charge on any atom is -0.437 e. The minimum atomic E-state index is -0.802. The molecule has 0 atom stereocenters. The number of aromatic nitrogens is 1. The Balaban J connectivity index is 2.39. The number of hydrogen-bond donors (Lipinski definition) is 2. The van der Waals surface area contributed by atoms with Crippen molar-refractivity contribution in [3.8, 4) is 11.6 Å². The highest BCUT2D eigenvalue weighted by Crippen LogP contribution is 2.30. The summed E-state index contributed by atoms with van der Waals surface area (Å²) in [5.41, 5.74) is 5.59. The SMILES string of the molecule is N/C(=N/O)c1ccnc(Oc2cc(F)cc(F)c2)c1Cl. The maximum absolute atomic E-state index is 13.0. The van der Waals surface area contributed by atoms with Crippen LogP contribution in [-0.4, -0.2) is 16.0 Å². The molecule has 0 radical (unpaired) electrons. The van der Waals surface area contributed by atoms with Crippen molar-refractivity contribution in [1.29, 1.82) is 0 Å². The largest absolute Gasteiger partial charge is 0.437 e. The van der Waals surface area contributed by atoms with Crippen molar-refractivity contribution in [1.82, 2.24) is 4.98 Å². The quantitative estimate of drug-likeness (QED) is 0.395. The van der Waals surface area contributed by atoms with Gasteiger partial charge in [0.25, 0.3) is 0 Å². The summed E-state index contributed by atoms with van der Waals surface area (Å²) in [5, 5.41) is 11.4. The normalized spacial score (nSPS) is 11.4. The zero-order chi connectivity index (χ0) is 14.7. The van der Waals surface area contributed by atoms with Gasteiger partial charge in [-0.2, -0.15) is 0 Å². The van der Waals surface area contributed by atoms with Gasteiger partial charge in [-0.3, -0.25) is 0 Å². The Morgan fingerprint density at radius 3 is 2.55 bits per heavy atom. The number of halogens is 3. The first-order valence-corrected chi connectivity index (χ1v) is 5.65. The molecule has 0 aliphatic heterocycles. The van der Waals surface area contributed by atoms with Crippen LogP contribution in [0.25, 0.3) is 0 Å². The van der Waals surface area contributed by atoms with E-state index in [0.717, 1.165) is 12.1 Å². The van der Waals surface area contributed by atoms with E-state index in [1.54, 1.807) is 0 Å². The van der Waals surface area contributed by atoms with Crippen molar-refractivity contribution < 1.29 is 18.7 Å². The van der Waals surface area contributed by atoms with E-state index in [4.69, 9.17) is 27.3 Å². The monoisotopic (exact) mass is 299 g/mol. The third-order valence-electron chi connectivity index (χ3n) is 2.29. The number of nitrogens with zero attached hydrogens (tertiary/aromatic N) is 2. The molecule has 0 bridgehead atoms. The van der Waals surface area contributed by atoms with Crippen molar-refractivity contribution in [3.05, 3.63) is 52.7 Å². The van der Waals surface area contributed by atoms with Crippen LogP contribution in [0.1, 0.15) is 5.56 Å². The fourth-order valence-electron chi connectivity index (χ4n) is 1.45. The summed E-state index contributed by atoms with van der Waals surface area (Å²) in [4.78, 5) is 3.82. The molecular weight excluding hydrogens is 292 g/mol. The smallest absolute Gasteiger partial charge is 0.238 e. The van der Waals surface area contributed by atoms with Crippen LogP contribution in [0.3, 0.4) is 0 Å². The van der Waals surface area contributed by atoms with Crippen LogP contribution in [0, 0.1) is 11.6 Å². The summed E-state index contributed by atoms with van der Waals surface area (Å²) in [6.45, 7) is 0. The van der Waals surface area contributed by atoms with E-state index in [1.165, 1.54) is 12.3 Å². The van der Waals surface area contributed by atoms with Crippen LogP contribution in [0.15, 0.2) is 35.6 Å². The third kappa shape index (κ3) is 2.94. The van der Waals surface area contributed by atoms with Crippen molar-refractivity contribution in [2.45, 2.75) is 0 Å². The highest BCUT2D eigenvalue weighted by atomic mass is 35.5. The number of pyridine rings is 1. The predicted molar refractivity (Wildman–Crippen MR) is 68.2 cm³/mol. The van der Waals surface area contributed by atoms with Crippen molar-refractivity contribution in [3.63, 3.8) is 0 Å². The molecule has 1 aromatic carbocycles. The lowest BCUT2D eigenvalue weighted by molar-refractivity contribution is 0.318. The molecule has 0 unspecified atom stereocenters. The van der Waals surface area contributed by atoms with Gasteiger partial charge in [-0.05, 0) is 6.07 Å². The van der Waals surface area contributed by atoms with E-state index < -0.39 is 11.6 Å². The molecule has 2 aromatic rings. The molecule has 104 valence electrons. The van der Waals surface area contributed by atoms with Crippen LogP contribution < -0.4 is 10.5 Å². The first kappa shape index (κ1) is 14.0. The molecule has 3 N–H and O–H groups in total. The van der Waals surface area contributed by atoms with Crippen LogP contribution in [-0.2, 0) is 0 Å². The molecule has 0 saturated carbocycles. The standard InChI is InChI=1S/C12H8ClF2N3O2/c13-10-9(11(16)18-19)1-2-17-12(10)20-8-4-6(14)3-7(15)5-8/h1-5,19H,(H2,16,18). The summed E-state index contributed by atoms with van der Waals surface area (Å²) < 4.78 is 31.3. The second-order valence-corrected chi connectivity index (χ2v) is 4.05. The Morgan fingerprint density at radius 2 is 1.95 bits per heavy atom. The lowest BCUT2D eigenvalue weighted by Gasteiger charge is -2.09. The maximum Gasteiger partial charge on any atom is 0.238 e. The van der Waals surface area contributed by atoms with Crippen molar-refractivity contribution >= 4 is 17.4 Å². The van der Waals surface area contributed by atoms with E-state index in [9.17, 15) is 8.78 Å². The average molecular weight is 300 g/mol. The molecule has 1 heterocycles. The number of nitrogens with two attached hydrogens (primary N) is 1. The van der Waals surface area contributed by atoms with Gasteiger partial charge >= 0.3 is 0 Å². The molecule has 1 aromatic heterocycles. The van der Waals surface area contributed by atoms with Gasteiger partial charge < -0.3 is 15.7 Å². The molecule has 20 heavy (non-hydrogen) atoms. The average Bonchev–Trinajstić information content (AvgIpc) is 2.39. The Labute approximate surface area is 117 Å². The summed E-state index contributed by atoms with van der Waals surface area (Å²) >= 11 is 5.96. The highest BCUT2D eigenvalue weighted by Gasteiger charge is 2.13. The lowest BCUT2D eigenvalue weighted by Crippen LogP contribution is -2.14. The van der Waals surface area contributed by atoms with Crippen LogP contribution in [0.5, 0.6) is 11.6 Å². The van der Waals surface area contributed by atoms with Gasteiger partial charge in [-0.1, -0.05) is 16.8 Å². The number of amidine groups is 1. The molecule has 8 heteroatoms. The van der Waals surface area contributed by atoms with Gasteiger partial charge in [0.15, 0.2) is 5.84 Å². The summed E-state index contributed by atoms with van der Waals surface area (Å²) in [6.07, 6.45) is 1.30.